The molecule has 0 saturated heterocycles. The van der Waals surface area contributed by atoms with Gasteiger partial charge in [0, 0.05) is 5.57 Å². The van der Waals surface area contributed by atoms with Crippen LogP contribution in [0.15, 0.2) is 17.7 Å². The van der Waals surface area contributed by atoms with E-state index in [1.165, 1.54) is 39.4 Å². The van der Waals surface area contributed by atoms with Crippen molar-refractivity contribution in [3.05, 3.63) is 33.4 Å². The van der Waals surface area contributed by atoms with E-state index in [-0.39, 0.29) is 29.2 Å². The topological polar surface area (TPSA) is 87.9 Å². The predicted octanol–water partition coefficient (Wildman–Crippen LogP) is 2.58. The minimum absolute atomic E-state index is 0.184. The number of carbonyl (C=O) groups excluding carboxylic acids is 1. The molecule has 21 heavy (non-hydrogen) atoms. The van der Waals surface area contributed by atoms with Crippen molar-refractivity contribution < 1.29 is 23.9 Å². The number of rotatable bonds is 6. The molecule has 7 heteroatoms. The van der Waals surface area contributed by atoms with Crippen molar-refractivity contribution in [1.82, 2.24) is 0 Å². The summed E-state index contributed by atoms with van der Waals surface area (Å²) in [6.45, 7) is 3.44. The van der Waals surface area contributed by atoms with Crippen molar-refractivity contribution in [2.24, 2.45) is 0 Å². The van der Waals surface area contributed by atoms with E-state index in [1.807, 2.05) is 0 Å². The molecule has 0 radical (unpaired) electrons. The van der Waals surface area contributed by atoms with Crippen LogP contribution in [-0.4, -0.2) is 31.7 Å². The zero-order chi connectivity index (χ0) is 16.0. The molecule has 1 aromatic rings. The number of nitrogens with zero attached hydrogens (tertiary/aromatic N) is 1. The Balaban J connectivity index is 3.36. The first-order valence-corrected chi connectivity index (χ1v) is 6.20. The van der Waals surface area contributed by atoms with E-state index in [4.69, 9.17) is 14.2 Å². The Bertz CT molecular complexity index is 579. The fraction of sp³-hybridized carbons (Fsp3) is 0.357. The summed E-state index contributed by atoms with van der Waals surface area (Å²) >= 11 is 0. The molecule has 0 aliphatic carbocycles. The van der Waals surface area contributed by atoms with Gasteiger partial charge in [0.1, 0.15) is 0 Å². The van der Waals surface area contributed by atoms with Crippen LogP contribution in [0.1, 0.15) is 19.4 Å². The van der Waals surface area contributed by atoms with E-state index in [9.17, 15) is 14.9 Å². The number of methoxy groups -OCH3 is 2. The lowest BCUT2D eigenvalue weighted by atomic mass is 10.1. The Morgan fingerprint density at radius 3 is 2.33 bits per heavy atom. The summed E-state index contributed by atoms with van der Waals surface area (Å²) < 4.78 is 15.0. The first-order valence-electron chi connectivity index (χ1n) is 6.20. The van der Waals surface area contributed by atoms with Crippen LogP contribution in [0.4, 0.5) is 5.69 Å². The normalized spacial score (nSPS) is 11.0. The van der Waals surface area contributed by atoms with Gasteiger partial charge in [-0.25, -0.2) is 4.79 Å². The van der Waals surface area contributed by atoms with E-state index in [0.717, 1.165) is 0 Å². The molecule has 0 fully saturated rings. The molecular formula is C14H17NO6. The summed E-state index contributed by atoms with van der Waals surface area (Å²) in [4.78, 5) is 22.2. The Morgan fingerprint density at radius 1 is 1.29 bits per heavy atom. The quantitative estimate of drug-likeness (QED) is 0.347. The van der Waals surface area contributed by atoms with E-state index < -0.39 is 10.9 Å². The van der Waals surface area contributed by atoms with Crippen LogP contribution in [0, 0.1) is 10.1 Å². The fourth-order valence-corrected chi connectivity index (χ4v) is 1.69. The summed E-state index contributed by atoms with van der Waals surface area (Å²) in [7, 11) is 2.82. The smallest absolute Gasteiger partial charge is 0.333 e. The second-order valence-corrected chi connectivity index (χ2v) is 4.07. The van der Waals surface area contributed by atoms with Crippen LogP contribution in [0.3, 0.4) is 0 Å². The van der Waals surface area contributed by atoms with Crippen molar-refractivity contribution in [3.63, 3.8) is 0 Å². The second kappa shape index (κ2) is 7.28. The van der Waals surface area contributed by atoms with Gasteiger partial charge in [0.15, 0.2) is 11.5 Å². The minimum Gasteiger partial charge on any atom is -0.493 e. The van der Waals surface area contributed by atoms with E-state index in [2.05, 4.69) is 0 Å². The minimum atomic E-state index is -0.549. The highest BCUT2D eigenvalue weighted by Crippen LogP contribution is 2.35. The lowest BCUT2D eigenvalue weighted by Crippen LogP contribution is -2.05. The average Bonchev–Trinajstić information content (AvgIpc) is 2.46. The van der Waals surface area contributed by atoms with Gasteiger partial charge >= 0.3 is 5.97 Å². The molecule has 0 spiro atoms. The Morgan fingerprint density at radius 2 is 1.86 bits per heavy atom. The van der Waals surface area contributed by atoms with E-state index in [0.29, 0.717) is 5.75 Å². The number of ether oxygens (including phenoxy) is 3. The maximum atomic E-state index is 11.6. The number of carbonyl (C=O) groups is 1. The lowest BCUT2D eigenvalue weighted by molar-refractivity contribution is -0.385. The molecule has 1 aromatic carbocycles. The van der Waals surface area contributed by atoms with Crippen molar-refractivity contribution in [2.45, 2.75) is 13.8 Å². The maximum absolute atomic E-state index is 11.6. The van der Waals surface area contributed by atoms with Gasteiger partial charge in [0.05, 0.1) is 37.4 Å². The highest BCUT2D eigenvalue weighted by atomic mass is 16.6. The molecule has 0 heterocycles. The highest BCUT2D eigenvalue weighted by molar-refractivity contribution is 5.93. The fourth-order valence-electron chi connectivity index (χ4n) is 1.69. The van der Waals surface area contributed by atoms with Crippen LogP contribution < -0.4 is 9.47 Å². The highest BCUT2D eigenvalue weighted by Gasteiger charge is 2.19. The molecule has 1 rings (SSSR count). The number of esters is 1. The van der Waals surface area contributed by atoms with E-state index in [1.54, 1.807) is 6.92 Å². The average molecular weight is 295 g/mol. The monoisotopic (exact) mass is 295 g/mol. The van der Waals surface area contributed by atoms with Gasteiger partial charge in [-0.1, -0.05) is 0 Å². The Kier molecular flexibility index (Phi) is 5.71. The zero-order valence-corrected chi connectivity index (χ0v) is 12.3. The van der Waals surface area contributed by atoms with Crippen LogP contribution in [0.5, 0.6) is 11.5 Å². The van der Waals surface area contributed by atoms with Crippen molar-refractivity contribution >= 4 is 17.7 Å². The Hall–Kier alpha value is -2.57. The zero-order valence-electron chi connectivity index (χ0n) is 12.3. The van der Waals surface area contributed by atoms with Gasteiger partial charge in [-0.15, -0.1) is 0 Å². The molecule has 0 amide bonds. The molecule has 0 aromatic heterocycles. The van der Waals surface area contributed by atoms with Gasteiger partial charge in [0.25, 0.3) is 5.69 Å². The summed E-state index contributed by atoms with van der Waals surface area (Å²) in [6, 6.07) is 2.70. The van der Waals surface area contributed by atoms with Crippen LogP contribution in [0.2, 0.25) is 0 Å². The number of nitro benzene ring substituents is 1. The van der Waals surface area contributed by atoms with Crippen molar-refractivity contribution in [3.8, 4) is 11.5 Å². The van der Waals surface area contributed by atoms with Gasteiger partial charge in [0.2, 0.25) is 0 Å². The number of hydrogen-bond acceptors (Lipinski definition) is 6. The van der Waals surface area contributed by atoms with Gasteiger partial charge < -0.3 is 14.2 Å². The van der Waals surface area contributed by atoms with Crippen LogP contribution >= 0.6 is 0 Å². The molecular weight excluding hydrogens is 278 g/mol. The molecule has 114 valence electrons. The standard InChI is InChI=1S/C14H17NO6/c1-5-21-14(16)9(2)6-10-7-12(19-3)13(20-4)8-11(10)15(17)18/h6-8H,5H2,1-4H3/b9-6+. The molecule has 0 atom stereocenters. The second-order valence-electron chi connectivity index (χ2n) is 4.07. The largest absolute Gasteiger partial charge is 0.493 e. The molecule has 0 unspecified atom stereocenters. The third kappa shape index (κ3) is 3.95. The number of benzene rings is 1. The van der Waals surface area contributed by atoms with Crippen molar-refractivity contribution in [2.75, 3.05) is 20.8 Å². The van der Waals surface area contributed by atoms with Gasteiger partial charge in [-0.2, -0.15) is 0 Å². The summed E-state index contributed by atoms with van der Waals surface area (Å²) in [5, 5.41) is 11.1. The number of nitro groups is 1. The predicted molar refractivity (Wildman–Crippen MR) is 76.5 cm³/mol. The summed E-state index contributed by atoms with van der Waals surface area (Å²) in [6.07, 6.45) is 1.39. The van der Waals surface area contributed by atoms with E-state index >= 15 is 0 Å². The molecule has 0 aliphatic rings. The molecule has 0 saturated carbocycles. The summed E-state index contributed by atoms with van der Waals surface area (Å²) in [5.41, 5.74) is 0.312. The maximum Gasteiger partial charge on any atom is 0.333 e. The van der Waals surface area contributed by atoms with Crippen molar-refractivity contribution in [1.29, 1.82) is 0 Å². The Labute approximate surface area is 122 Å². The first kappa shape index (κ1) is 16.5. The molecule has 0 bridgehead atoms. The summed E-state index contributed by atoms with van der Waals surface area (Å²) in [5.74, 6) is 0.0581. The van der Waals surface area contributed by atoms with Crippen LogP contribution in [0.25, 0.3) is 6.08 Å². The first-order chi connectivity index (χ1) is 9.94. The SMILES string of the molecule is CCOC(=O)/C(C)=C/c1cc(OC)c(OC)cc1[N+](=O)[O-]. The molecule has 7 nitrogen and oxygen atoms in total. The number of hydrogen-bond donors (Lipinski definition) is 0. The lowest BCUT2D eigenvalue weighted by Gasteiger charge is -2.09. The molecule has 0 aliphatic heterocycles. The molecule has 0 N–H and O–H groups in total. The third-order valence-electron chi connectivity index (χ3n) is 2.70. The third-order valence-corrected chi connectivity index (χ3v) is 2.70. The van der Waals surface area contributed by atoms with Gasteiger partial charge in [-0.05, 0) is 26.0 Å². The van der Waals surface area contributed by atoms with Crippen LogP contribution in [-0.2, 0) is 9.53 Å². The van der Waals surface area contributed by atoms with Gasteiger partial charge in [-0.3, -0.25) is 10.1 Å².